The van der Waals surface area contributed by atoms with Crippen molar-refractivity contribution in [1.29, 1.82) is 0 Å². The molecule has 4 amide bonds. The van der Waals surface area contributed by atoms with Crippen molar-refractivity contribution in [3.05, 3.63) is 46.5 Å². The van der Waals surface area contributed by atoms with Gasteiger partial charge >= 0.3 is 0 Å². The molecule has 2 aliphatic heterocycles. The van der Waals surface area contributed by atoms with Crippen molar-refractivity contribution < 1.29 is 19.2 Å². The number of nitrogens with zero attached hydrogens (tertiary/aromatic N) is 2. The van der Waals surface area contributed by atoms with Crippen molar-refractivity contribution >= 4 is 34.4 Å². The molecule has 0 atom stereocenters. The molecular formula is C27H28N2O4. The molecule has 2 saturated carbocycles. The third kappa shape index (κ3) is 2.99. The normalized spacial score (nSPS) is 22.3. The van der Waals surface area contributed by atoms with Gasteiger partial charge in [0.05, 0.1) is 0 Å². The molecule has 0 unspecified atom stereocenters. The summed E-state index contributed by atoms with van der Waals surface area (Å²) in [5.41, 5.74) is 1.72. The second-order valence-corrected chi connectivity index (χ2v) is 9.97. The van der Waals surface area contributed by atoms with Gasteiger partial charge in [-0.15, -0.1) is 0 Å². The van der Waals surface area contributed by atoms with Crippen LogP contribution in [-0.4, -0.2) is 45.5 Å². The zero-order chi connectivity index (χ0) is 22.7. The molecular weight excluding hydrogens is 416 g/mol. The molecule has 2 aromatic carbocycles. The highest BCUT2D eigenvalue weighted by Crippen LogP contribution is 2.40. The van der Waals surface area contributed by atoms with Gasteiger partial charge in [0.1, 0.15) is 0 Å². The van der Waals surface area contributed by atoms with Gasteiger partial charge in [-0.3, -0.25) is 29.0 Å². The van der Waals surface area contributed by atoms with E-state index >= 15 is 0 Å². The Balaban J connectivity index is 1.48. The Bertz CT molecular complexity index is 1130. The average molecular weight is 445 g/mol. The number of carbonyl (C=O) groups is 4. The zero-order valence-corrected chi connectivity index (χ0v) is 18.8. The summed E-state index contributed by atoms with van der Waals surface area (Å²) < 4.78 is 0. The van der Waals surface area contributed by atoms with Crippen LogP contribution < -0.4 is 0 Å². The van der Waals surface area contributed by atoms with Crippen molar-refractivity contribution in [3.8, 4) is 0 Å². The minimum atomic E-state index is -0.297. The minimum Gasteiger partial charge on any atom is -0.271 e. The van der Waals surface area contributed by atoms with Crippen LogP contribution >= 0.6 is 0 Å². The molecule has 0 aromatic heterocycles. The molecule has 2 heterocycles. The fourth-order valence-corrected chi connectivity index (χ4v) is 6.43. The molecule has 33 heavy (non-hydrogen) atoms. The number of hydrogen-bond donors (Lipinski definition) is 0. The van der Waals surface area contributed by atoms with Gasteiger partial charge in [-0.2, -0.15) is 0 Å². The third-order valence-electron chi connectivity index (χ3n) is 8.09. The summed E-state index contributed by atoms with van der Waals surface area (Å²) in [5.74, 6) is -1.18. The van der Waals surface area contributed by atoms with Crippen LogP contribution in [0.1, 0.15) is 112 Å². The fraction of sp³-hybridized carbons (Fsp3) is 0.481. The summed E-state index contributed by atoms with van der Waals surface area (Å²) in [4.78, 5) is 56.9. The van der Waals surface area contributed by atoms with Crippen molar-refractivity contribution in [1.82, 2.24) is 9.80 Å². The molecule has 2 aliphatic carbocycles. The number of amides is 4. The molecule has 2 aromatic rings. The van der Waals surface area contributed by atoms with E-state index in [2.05, 4.69) is 0 Å². The molecule has 170 valence electrons. The van der Waals surface area contributed by atoms with Gasteiger partial charge in [-0.1, -0.05) is 44.9 Å². The Kier molecular flexibility index (Phi) is 4.86. The molecule has 0 bridgehead atoms. The molecule has 4 aliphatic rings. The van der Waals surface area contributed by atoms with Crippen LogP contribution in [0.3, 0.4) is 0 Å². The van der Waals surface area contributed by atoms with E-state index in [9.17, 15) is 19.2 Å². The Hall–Kier alpha value is -3.02. The highest BCUT2D eigenvalue weighted by Gasteiger charge is 2.43. The SMILES string of the molecule is O=C1c2ccc3c4c(ccc(c24)C(=O)N1C1CCCCCC1)C(=O)N(C1CCCCC1)C3=O. The number of carbonyl (C=O) groups excluding carboxylic acids is 4. The van der Waals surface area contributed by atoms with E-state index in [0.29, 0.717) is 33.0 Å². The first-order valence-corrected chi connectivity index (χ1v) is 12.4. The molecule has 0 radical (unpaired) electrons. The zero-order valence-electron chi connectivity index (χ0n) is 18.8. The topological polar surface area (TPSA) is 74.8 Å². The second-order valence-electron chi connectivity index (χ2n) is 9.97. The Morgan fingerprint density at radius 1 is 0.455 bits per heavy atom. The van der Waals surface area contributed by atoms with E-state index in [4.69, 9.17) is 0 Å². The Morgan fingerprint density at radius 2 is 0.727 bits per heavy atom. The molecule has 6 nitrogen and oxygen atoms in total. The van der Waals surface area contributed by atoms with Crippen LogP contribution in [0.5, 0.6) is 0 Å². The van der Waals surface area contributed by atoms with Crippen molar-refractivity contribution in [2.24, 2.45) is 0 Å². The monoisotopic (exact) mass is 444 g/mol. The van der Waals surface area contributed by atoms with Gasteiger partial charge in [0.2, 0.25) is 0 Å². The standard InChI is InChI=1S/C27H28N2O4/c30-24-18-12-14-20-23-21(27(33)29(26(20)32)17-10-6-3-7-11-17)15-13-19(22(18)23)25(31)28(24)16-8-4-1-2-5-9-16/h12-17H,1-11H2. The van der Waals surface area contributed by atoms with Crippen LogP contribution in [0.4, 0.5) is 0 Å². The summed E-state index contributed by atoms with van der Waals surface area (Å²) in [6.45, 7) is 0. The summed E-state index contributed by atoms with van der Waals surface area (Å²) >= 11 is 0. The highest BCUT2D eigenvalue weighted by atomic mass is 16.2. The van der Waals surface area contributed by atoms with Gasteiger partial charge in [0.25, 0.3) is 23.6 Å². The summed E-state index contributed by atoms with van der Waals surface area (Å²) in [7, 11) is 0. The van der Waals surface area contributed by atoms with E-state index in [-0.39, 0.29) is 35.7 Å². The number of rotatable bonds is 2. The predicted molar refractivity (Wildman–Crippen MR) is 123 cm³/mol. The van der Waals surface area contributed by atoms with E-state index < -0.39 is 0 Å². The Morgan fingerprint density at radius 3 is 1.03 bits per heavy atom. The van der Waals surface area contributed by atoms with Gasteiger partial charge in [0.15, 0.2) is 0 Å². The lowest BCUT2D eigenvalue weighted by Crippen LogP contribution is -2.49. The van der Waals surface area contributed by atoms with Crippen molar-refractivity contribution in [2.75, 3.05) is 0 Å². The van der Waals surface area contributed by atoms with E-state index in [1.165, 1.54) is 9.80 Å². The van der Waals surface area contributed by atoms with Crippen molar-refractivity contribution in [3.63, 3.8) is 0 Å². The third-order valence-corrected chi connectivity index (χ3v) is 8.09. The summed E-state index contributed by atoms with van der Waals surface area (Å²) in [6.07, 6.45) is 10.8. The number of benzene rings is 2. The number of hydrogen-bond acceptors (Lipinski definition) is 4. The lowest BCUT2D eigenvalue weighted by Gasteiger charge is -2.38. The first kappa shape index (κ1) is 20.6. The average Bonchev–Trinajstić information content (AvgIpc) is 3.11. The summed E-state index contributed by atoms with van der Waals surface area (Å²) in [5, 5.41) is 0.962. The second kappa shape index (κ2) is 7.79. The van der Waals surface area contributed by atoms with Gasteiger partial charge in [0, 0.05) is 45.1 Å². The minimum absolute atomic E-state index is 0.0804. The van der Waals surface area contributed by atoms with E-state index in [0.717, 1.165) is 70.6 Å². The molecule has 0 saturated heterocycles. The smallest absolute Gasteiger partial charge is 0.261 e. The molecule has 0 N–H and O–H groups in total. The van der Waals surface area contributed by atoms with Crippen molar-refractivity contribution in [2.45, 2.75) is 82.7 Å². The van der Waals surface area contributed by atoms with E-state index in [1.54, 1.807) is 24.3 Å². The van der Waals surface area contributed by atoms with Crippen LogP contribution in [0, 0.1) is 0 Å². The van der Waals surface area contributed by atoms with Gasteiger partial charge in [-0.25, -0.2) is 0 Å². The number of imide groups is 2. The van der Waals surface area contributed by atoms with Crippen LogP contribution in [-0.2, 0) is 0 Å². The quantitative estimate of drug-likeness (QED) is 0.478. The van der Waals surface area contributed by atoms with Gasteiger partial charge < -0.3 is 0 Å². The largest absolute Gasteiger partial charge is 0.271 e. The molecule has 2 fully saturated rings. The maximum Gasteiger partial charge on any atom is 0.261 e. The highest BCUT2D eigenvalue weighted by molar-refractivity contribution is 6.33. The Labute approximate surface area is 192 Å². The van der Waals surface area contributed by atoms with E-state index in [1.807, 2.05) is 0 Å². The lowest BCUT2D eigenvalue weighted by molar-refractivity contribution is 0.0489. The van der Waals surface area contributed by atoms with Crippen LogP contribution in [0.15, 0.2) is 24.3 Å². The molecule has 6 rings (SSSR count). The first-order chi connectivity index (χ1) is 16.1. The predicted octanol–water partition coefficient (Wildman–Crippen LogP) is 5.09. The lowest BCUT2D eigenvalue weighted by atomic mass is 9.84. The maximum atomic E-state index is 13.6. The van der Waals surface area contributed by atoms with Crippen LogP contribution in [0.25, 0.3) is 10.8 Å². The van der Waals surface area contributed by atoms with Gasteiger partial charge in [-0.05, 0) is 49.9 Å². The summed E-state index contributed by atoms with van der Waals surface area (Å²) in [6, 6.07) is 6.59. The molecule has 6 heteroatoms. The molecule has 0 spiro atoms. The maximum absolute atomic E-state index is 13.6. The van der Waals surface area contributed by atoms with Crippen LogP contribution in [0.2, 0.25) is 0 Å². The first-order valence-electron chi connectivity index (χ1n) is 12.4. The fourth-order valence-electron chi connectivity index (χ4n) is 6.43.